The highest BCUT2D eigenvalue weighted by molar-refractivity contribution is 6.31. The number of ether oxygens (including phenoxy) is 4. The van der Waals surface area contributed by atoms with Crippen LogP contribution in [0.3, 0.4) is 0 Å². The minimum atomic E-state index is -0.742. The Morgan fingerprint density at radius 2 is 1.73 bits per heavy atom. The molecular weight excluding hydrogens is 444 g/mol. The summed E-state index contributed by atoms with van der Waals surface area (Å²) in [6, 6.07) is 13.6. The molecule has 3 unspecified atom stereocenters. The van der Waals surface area contributed by atoms with Crippen molar-refractivity contribution in [2.45, 2.75) is 71.4 Å². The zero-order valence-corrected chi connectivity index (χ0v) is 20.3. The first-order valence-electron chi connectivity index (χ1n) is 11.3. The lowest BCUT2D eigenvalue weighted by Gasteiger charge is -2.40. The molecule has 1 saturated heterocycles. The van der Waals surface area contributed by atoms with Crippen LogP contribution in [-0.4, -0.2) is 36.9 Å². The topological polar surface area (TPSA) is 71.1 Å². The van der Waals surface area contributed by atoms with Gasteiger partial charge in [-0.1, -0.05) is 42.8 Å². The minimum absolute atomic E-state index is 0.128. The summed E-state index contributed by atoms with van der Waals surface area (Å²) < 4.78 is 23.0. The highest BCUT2D eigenvalue weighted by Crippen LogP contribution is 2.38. The third kappa shape index (κ3) is 6.71. The Bertz CT molecular complexity index is 958. The molecule has 0 N–H and O–H groups in total. The third-order valence-electron chi connectivity index (χ3n) is 5.60. The van der Waals surface area contributed by atoms with Gasteiger partial charge in [0.25, 0.3) is 0 Å². The van der Waals surface area contributed by atoms with Crippen LogP contribution < -0.4 is 4.74 Å². The van der Waals surface area contributed by atoms with Gasteiger partial charge in [-0.3, -0.25) is 9.59 Å². The molecule has 4 atom stereocenters. The monoisotopic (exact) mass is 474 g/mol. The molecule has 33 heavy (non-hydrogen) atoms. The summed E-state index contributed by atoms with van der Waals surface area (Å²) in [6.45, 7) is 7.27. The first-order chi connectivity index (χ1) is 15.8. The molecule has 0 radical (unpaired) electrons. The highest BCUT2D eigenvalue weighted by Gasteiger charge is 2.43. The fraction of sp³-hybridized carbons (Fsp3) is 0.462. The molecule has 0 bridgehead atoms. The van der Waals surface area contributed by atoms with Crippen molar-refractivity contribution in [3.63, 3.8) is 0 Å². The molecule has 178 valence electrons. The number of halogens is 1. The van der Waals surface area contributed by atoms with Gasteiger partial charge in [-0.05, 0) is 54.7 Å². The van der Waals surface area contributed by atoms with E-state index in [9.17, 15) is 9.59 Å². The van der Waals surface area contributed by atoms with Crippen molar-refractivity contribution in [2.24, 2.45) is 0 Å². The molecule has 0 aromatic heterocycles. The molecule has 7 heteroatoms. The van der Waals surface area contributed by atoms with Crippen molar-refractivity contribution in [2.75, 3.05) is 6.61 Å². The Balaban J connectivity index is 1.91. The summed E-state index contributed by atoms with van der Waals surface area (Å²) in [6.07, 6.45) is -0.196. The van der Waals surface area contributed by atoms with Gasteiger partial charge in [0.2, 0.25) is 0 Å². The fourth-order valence-corrected chi connectivity index (χ4v) is 4.30. The predicted octanol–water partition coefficient (Wildman–Crippen LogP) is 5.43. The van der Waals surface area contributed by atoms with E-state index in [0.717, 1.165) is 28.9 Å². The van der Waals surface area contributed by atoms with Crippen molar-refractivity contribution >= 4 is 23.5 Å². The van der Waals surface area contributed by atoms with Crippen LogP contribution in [-0.2, 0) is 30.2 Å². The molecule has 1 aliphatic rings. The van der Waals surface area contributed by atoms with Crippen molar-refractivity contribution in [3.8, 4) is 5.75 Å². The van der Waals surface area contributed by atoms with Crippen molar-refractivity contribution in [3.05, 3.63) is 64.2 Å². The summed E-state index contributed by atoms with van der Waals surface area (Å²) in [4.78, 5) is 23.6. The summed E-state index contributed by atoms with van der Waals surface area (Å²) in [5, 5.41) is 0.635. The van der Waals surface area contributed by atoms with Gasteiger partial charge in [0.05, 0.1) is 12.7 Å². The Kier molecular flexibility index (Phi) is 8.75. The van der Waals surface area contributed by atoms with Crippen molar-refractivity contribution in [1.29, 1.82) is 0 Å². The third-order valence-corrected chi connectivity index (χ3v) is 5.97. The quantitative estimate of drug-likeness (QED) is 0.475. The van der Waals surface area contributed by atoms with E-state index in [-0.39, 0.29) is 6.10 Å². The Morgan fingerprint density at radius 1 is 1.03 bits per heavy atom. The van der Waals surface area contributed by atoms with Gasteiger partial charge in [0.15, 0.2) is 6.10 Å². The van der Waals surface area contributed by atoms with Crippen LogP contribution in [0.1, 0.15) is 63.3 Å². The van der Waals surface area contributed by atoms with Gasteiger partial charge in [-0.15, -0.1) is 0 Å². The van der Waals surface area contributed by atoms with Crippen LogP contribution >= 0.6 is 11.6 Å². The van der Waals surface area contributed by atoms with E-state index in [1.807, 2.05) is 56.3 Å². The molecule has 1 heterocycles. The SMILES string of the molecule is CCOc1ccc(Cc2cc(C3OC(CC)CC(OC(C)=O)[C@H]3OC(C)=O)ccc2Cl)cc1. The van der Waals surface area contributed by atoms with Crippen LogP contribution in [0.15, 0.2) is 42.5 Å². The van der Waals surface area contributed by atoms with E-state index in [0.29, 0.717) is 24.5 Å². The first kappa shape index (κ1) is 25.1. The molecule has 0 spiro atoms. The summed E-state index contributed by atoms with van der Waals surface area (Å²) in [5.74, 6) is -0.0488. The van der Waals surface area contributed by atoms with E-state index in [1.165, 1.54) is 13.8 Å². The van der Waals surface area contributed by atoms with E-state index < -0.39 is 30.3 Å². The summed E-state index contributed by atoms with van der Waals surface area (Å²) in [5.41, 5.74) is 2.83. The Morgan fingerprint density at radius 3 is 2.33 bits per heavy atom. The number of benzene rings is 2. The Hall–Kier alpha value is -2.57. The predicted molar refractivity (Wildman–Crippen MR) is 125 cm³/mol. The molecule has 2 aromatic rings. The normalized spacial score (nSPS) is 22.5. The first-order valence-corrected chi connectivity index (χ1v) is 11.7. The lowest BCUT2D eigenvalue weighted by atomic mass is 9.90. The standard InChI is InChI=1S/C26H31ClO6/c1-5-21-15-24(31-16(3)28)26(32-17(4)29)25(33-21)19-9-12-23(27)20(14-19)13-18-7-10-22(11-8-18)30-6-2/h7-12,14,21,24-26H,5-6,13,15H2,1-4H3/t21?,24?,25?,26-/m1/s1. The fourth-order valence-electron chi connectivity index (χ4n) is 4.11. The van der Waals surface area contributed by atoms with Gasteiger partial charge in [0.1, 0.15) is 18.0 Å². The molecule has 1 fully saturated rings. The molecule has 2 aromatic carbocycles. The van der Waals surface area contributed by atoms with Gasteiger partial charge in [0, 0.05) is 25.3 Å². The highest BCUT2D eigenvalue weighted by atomic mass is 35.5. The average Bonchev–Trinajstić information content (AvgIpc) is 2.77. The number of esters is 2. The van der Waals surface area contributed by atoms with Crippen LogP contribution in [0, 0.1) is 0 Å². The molecule has 3 rings (SSSR count). The van der Waals surface area contributed by atoms with Crippen LogP contribution in [0.5, 0.6) is 5.75 Å². The van der Waals surface area contributed by atoms with Crippen LogP contribution in [0.4, 0.5) is 0 Å². The van der Waals surface area contributed by atoms with Gasteiger partial charge in [-0.2, -0.15) is 0 Å². The minimum Gasteiger partial charge on any atom is -0.494 e. The maximum absolute atomic E-state index is 11.9. The number of rotatable bonds is 8. The number of carbonyl (C=O) groups is 2. The number of hydrogen-bond acceptors (Lipinski definition) is 6. The molecule has 6 nitrogen and oxygen atoms in total. The average molecular weight is 475 g/mol. The van der Waals surface area contributed by atoms with Crippen molar-refractivity contribution in [1.82, 2.24) is 0 Å². The number of carbonyl (C=O) groups excluding carboxylic acids is 2. The smallest absolute Gasteiger partial charge is 0.303 e. The van der Waals surface area contributed by atoms with E-state index in [1.54, 1.807) is 0 Å². The second-order valence-electron chi connectivity index (χ2n) is 8.15. The van der Waals surface area contributed by atoms with Crippen LogP contribution in [0.25, 0.3) is 0 Å². The number of hydrogen-bond donors (Lipinski definition) is 0. The lowest BCUT2D eigenvalue weighted by molar-refractivity contribution is -0.208. The van der Waals surface area contributed by atoms with Gasteiger partial charge < -0.3 is 18.9 Å². The zero-order valence-electron chi connectivity index (χ0n) is 19.5. The molecular formula is C26H31ClO6. The van der Waals surface area contributed by atoms with Crippen molar-refractivity contribution < 1.29 is 28.5 Å². The molecule has 0 aliphatic carbocycles. The second-order valence-corrected chi connectivity index (χ2v) is 8.56. The molecule has 0 saturated carbocycles. The Labute approximate surface area is 200 Å². The maximum Gasteiger partial charge on any atom is 0.303 e. The van der Waals surface area contributed by atoms with Crippen LogP contribution in [0.2, 0.25) is 5.02 Å². The van der Waals surface area contributed by atoms with Gasteiger partial charge in [-0.25, -0.2) is 0 Å². The van der Waals surface area contributed by atoms with Gasteiger partial charge >= 0.3 is 11.9 Å². The second kappa shape index (κ2) is 11.5. The maximum atomic E-state index is 11.9. The van der Waals surface area contributed by atoms with E-state index in [4.69, 9.17) is 30.5 Å². The largest absolute Gasteiger partial charge is 0.494 e. The van der Waals surface area contributed by atoms with E-state index >= 15 is 0 Å². The van der Waals surface area contributed by atoms with E-state index in [2.05, 4.69) is 0 Å². The summed E-state index contributed by atoms with van der Waals surface area (Å²) in [7, 11) is 0. The summed E-state index contributed by atoms with van der Waals surface area (Å²) >= 11 is 6.52. The zero-order chi connectivity index (χ0) is 24.0. The molecule has 1 aliphatic heterocycles. The lowest BCUT2D eigenvalue weighted by Crippen LogP contribution is -2.47. The molecule has 0 amide bonds.